The van der Waals surface area contributed by atoms with Crippen molar-refractivity contribution in [3.8, 4) is 11.4 Å². The van der Waals surface area contributed by atoms with Crippen molar-refractivity contribution in [2.45, 2.75) is 45.6 Å². The predicted octanol–water partition coefficient (Wildman–Crippen LogP) is 16.7. The molecule has 68 heavy (non-hydrogen) atoms. The third-order valence-corrected chi connectivity index (χ3v) is 14.2. The Morgan fingerprint density at radius 1 is 0.574 bits per heavy atom. The van der Waals surface area contributed by atoms with Gasteiger partial charge in [-0.2, -0.15) is 0 Å². The molecule has 0 aliphatic heterocycles. The van der Waals surface area contributed by atoms with Gasteiger partial charge in [0.25, 0.3) is 0 Å². The average molecular weight is 877 g/mol. The van der Waals surface area contributed by atoms with Crippen LogP contribution < -0.4 is 0 Å². The molecule has 9 aromatic carbocycles. The Bertz CT molecular complexity index is 4050. The van der Waals surface area contributed by atoms with Crippen LogP contribution in [0.4, 0.5) is 0 Å². The quantitative estimate of drug-likeness (QED) is 0.111. The lowest BCUT2D eigenvalue weighted by Gasteiger charge is -2.19. The number of aryl methyl sites for hydroxylation is 1. The van der Waals surface area contributed by atoms with Crippen LogP contribution in [0.2, 0.25) is 0 Å². The van der Waals surface area contributed by atoms with E-state index in [2.05, 4.69) is 223 Å². The molecule has 3 heterocycles. The smallest absolute Gasteiger partial charge is 0.161 e. The first-order valence-corrected chi connectivity index (χ1v) is 24.1. The van der Waals surface area contributed by atoms with Gasteiger partial charge in [0.05, 0.1) is 39.4 Å². The maximum atomic E-state index is 7.17. The van der Waals surface area contributed by atoms with Crippen molar-refractivity contribution < 1.29 is 4.42 Å². The van der Waals surface area contributed by atoms with Crippen LogP contribution in [0.1, 0.15) is 67.2 Å². The highest BCUT2D eigenvalue weighted by molar-refractivity contribution is 6.25. The highest BCUT2D eigenvalue weighted by Gasteiger charge is 2.28. The first-order chi connectivity index (χ1) is 33.7. The van der Waals surface area contributed by atoms with Gasteiger partial charge in [0.2, 0.25) is 0 Å². The number of benzene rings is 9. The van der Waals surface area contributed by atoms with Gasteiger partial charge < -0.3 is 13.6 Å². The van der Waals surface area contributed by atoms with E-state index < -0.39 is 0 Å². The van der Waals surface area contributed by atoms with Gasteiger partial charge >= 0.3 is 0 Å². The van der Waals surface area contributed by atoms with Gasteiger partial charge in [-0.15, -0.1) is 0 Å². The van der Waals surface area contributed by atoms with Crippen molar-refractivity contribution in [1.29, 1.82) is 0 Å². The summed E-state index contributed by atoms with van der Waals surface area (Å²) in [6.45, 7) is 4.45. The van der Waals surface area contributed by atoms with Gasteiger partial charge in [-0.05, 0) is 119 Å². The van der Waals surface area contributed by atoms with Crippen LogP contribution in [0, 0.1) is 0 Å². The molecule has 12 aromatic rings. The number of nitrogens with zero attached hydrogens (tertiary/aromatic N) is 4. The molecule has 3 aromatic heterocycles. The third-order valence-electron chi connectivity index (χ3n) is 14.2. The lowest BCUT2D eigenvalue weighted by molar-refractivity contribution is 0.594. The normalized spacial score (nSPS) is 13.8. The van der Waals surface area contributed by atoms with Gasteiger partial charge in [0, 0.05) is 43.9 Å². The average Bonchev–Trinajstić information content (AvgIpc) is 4.06. The molecule has 5 heteroatoms. The second-order valence-corrected chi connectivity index (χ2v) is 18.0. The molecule has 326 valence electrons. The number of amidine groups is 1. The van der Waals surface area contributed by atoms with Crippen LogP contribution in [0.3, 0.4) is 0 Å². The molecule has 1 atom stereocenters. The highest BCUT2D eigenvalue weighted by Crippen LogP contribution is 2.44. The molecule has 0 N–H and O–H groups in total. The third kappa shape index (κ3) is 6.30. The first kappa shape index (κ1) is 40.0. The Hall–Kier alpha value is -8.28. The number of rotatable bonds is 8. The second-order valence-electron chi connectivity index (χ2n) is 18.0. The van der Waals surface area contributed by atoms with Crippen LogP contribution in [0.5, 0.6) is 0 Å². The summed E-state index contributed by atoms with van der Waals surface area (Å²) in [5.41, 5.74) is 12.9. The summed E-state index contributed by atoms with van der Waals surface area (Å²) in [6.07, 6.45) is 7.74. The summed E-state index contributed by atoms with van der Waals surface area (Å²) in [4.78, 5) is 11.8. The van der Waals surface area contributed by atoms with E-state index in [9.17, 15) is 0 Å². The Morgan fingerprint density at radius 2 is 1.28 bits per heavy atom. The Kier molecular flexibility index (Phi) is 9.57. The zero-order chi connectivity index (χ0) is 45.3. The van der Waals surface area contributed by atoms with Crippen molar-refractivity contribution in [3.05, 3.63) is 222 Å². The minimum Gasteiger partial charge on any atom is -0.456 e. The summed E-state index contributed by atoms with van der Waals surface area (Å²) in [5.74, 6) is 1.57. The topological polar surface area (TPSA) is 47.7 Å². The van der Waals surface area contributed by atoms with E-state index in [-0.39, 0.29) is 6.04 Å². The maximum Gasteiger partial charge on any atom is 0.161 e. The number of para-hydroxylation sites is 2. The van der Waals surface area contributed by atoms with Crippen molar-refractivity contribution >= 4 is 93.7 Å². The van der Waals surface area contributed by atoms with Crippen molar-refractivity contribution in [2.24, 2.45) is 9.98 Å². The summed E-state index contributed by atoms with van der Waals surface area (Å²) in [5, 5.41) is 10.8. The highest BCUT2D eigenvalue weighted by atomic mass is 16.3. The van der Waals surface area contributed by atoms with Crippen LogP contribution in [0.25, 0.3) is 93.6 Å². The van der Waals surface area contributed by atoms with Crippen molar-refractivity contribution in [3.63, 3.8) is 0 Å². The van der Waals surface area contributed by atoms with Gasteiger partial charge in [-0.1, -0.05) is 153 Å². The molecule has 1 aliphatic carbocycles. The molecular formula is C63H48N4O. The van der Waals surface area contributed by atoms with Gasteiger partial charge in [-0.25, -0.2) is 4.99 Å². The molecule has 13 rings (SSSR count). The lowest BCUT2D eigenvalue weighted by atomic mass is 9.97. The van der Waals surface area contributed by atoms with E-state index in [0.717, 1.165) is 87.2 Å². The van der Waals surface area contributed by atoms with Crippen LogP contribution in [0.15, 0.2) is 209 Å². The Morgan fingerprint density at radius 3 is 2.09 bits per heavy atom. The van der Waals surface area contributed by atoms with E-state index in [4.69, 9.17) is 14.4 Å². The van der Waals surface area contributed by atoms with Crippen molar-refractivity contribution in [1.82, 2.24) is 9.13 Å². The van der Waals surface area contributed by atoms with Gasteiger partial charge in [-0.3, -0.25) is 4.99 Å². The molecule has 0 bridgehead atoms. The number of hydrogen-bond acceptors (Lipinski definition) is 2. The number of aliphatic imine (C=N–C) groups is 2. The summed E-state index contributed by atoms with van der Waals surface area (Å²) >= 11 is 0. The SMILES string of the molecule is CCC(=NC(=NC(CC)c1cccc2c1c1ccccc1n2-c1ccccc1)c1c(-n2c3cc4ccccc4cc3c3c4ccccc4ccc32)ccc2c3c(oc12)C=CCC3)c1ccccc1. The predicted molar refractivity (Wildman–Crippen MR) is 287 cm³/mol. The Balaban J connectivity index is 1.16. The molecule has 1 unspecified atom stereocenters. The van der Waals surface area contributed by atoms with E-state index in [1.54, 1.807) is 0 Å². The fourth-order valence-corrected chi connectivity index (χ4v) is 11.1. The largest absolute Gasteiger partial charge is 0.456 e. The molecule has 0 spiro atoms. The molecule has 0 fully saturated rings. The second kappa shape index (κ2) is 16.3. The fraction of sp³-hybridized carbons (Fsp3) is 0.111. The molecule has 0 saturated carbocycles. The number of fused-ring (bicyclic) bond motifs is 12. The summed E-state index contributed by atoms with van der Waals surface area (Å²) in [7, 11) is 0. The molecule has 5 nitrogen and oxygen atoms in total. The number of furan rings is 1. The van der Waals surface area contributed by atoms with E-state index in [1.165, 1.54) is 59.7 Å². The van der Waals surface area contributed by atoms with Gasteiger partial charge in [0.15, 0.2) is 5.84 Å². The first-order valence-electron chi connectivity index (χ1n) is 24.1. The molecule has 0 amide bonds. The van der Waals surface area contributed by atoms with Crippen LogP contribution in [-0.2, 0) is 6.42 Å². The summed E-state index contributed by atoms with van der Waals surface area (Å²) < 4.78 is 12.0. The molecule has 0 radical (unpaired) electrons. The van der Waals surface area contributed by atoms with E-state index >= 15 is 0 Å². The van der Waals surface area contributed by atoms with Crippen LogP contribution in [-0.4, -0.2) is 20.7 Å². The number of hydrogen-bond donors (Lipinski definition) is 0. The maximum absolute atomic E-state index is 7.17. The Labute approximate surface area is 394 Å². The fourth-order valence-electron chi connectivity index (χ4n) is 11.1. The van der Waals surface area contributed by atoms with Gasteiger partial charge in [0.1, 0.15) is 11.3 Å². The number of allylic oxidation sites excluding steroid dienone is 1. The molecular weight excluding hydrogens is 829 g/mol. The zero-order valence-corrected chi connectivity index (χ0v) is 38.2. The van der Waals surface area contributed by atoms with E-state index in [1.807, 2.05) is 0 Å². The van der Waals surface area contributed by atoms with Crippen LogP contribution >= 0.6 is 0 Å². The monoisotopic (exact) mass is 876 g/mol. The standard InChI is InChI=1S/C63H48N4O/c1-3-51(41-21-7-5-8-22-41)64-63(65-52(4-2)48-30-19-32-54-60(48)49-29-15-17-31-53(49)66(54)44-25-9-6-10-26-44)61-56(37-35-47-46-28-16-18-33-58(46)68-62(47)61)67-55-36-34-40-20-13-14-27-45(40)59(55)50-38-42-23-11-12-24-43(42)39-57(50)67/h5-15,17-27,29-39,52H,3-4,16,28H2,1-2H3. The minimum absolute atomic E-state index is 0.250. The molecule has 0 saturated heterocycles. The van der Waals surface area contributed by atoms with Crippen molar-refractivity contribution in [2.75, 3.05) is 0 Å². The zero-order valence-electron chi connectivity index (χ0n) is 38.2. The summed E-state index contributed by atoms with van der Waals surface area (Å²) in [6, 6.07) is 67.9. The number of aromatic nitrogens is 2. The molecule has 1 aliphatic rings. The lowest BCUT2D eigenvalue weighted by Crippen LogP contribution is -2.12. The minimum atomic E-state index is -0.250. The van der Waals surface area contributed by atoms with E-state index in [0.29, 0.717) is 5.84 Å².